The van der Waals surface area contributed by atoms with E-state index < -0.39 is 5.60 Å². The van der Waals surface area contributed by atoms with Crippen LogP contribution in [0.25, 0.3) is 0 Å². The van der Waals surface area contributed by atoms with Gasteiger partial charge in [0.15, 0.2) is 0 Å². The highest BCUT2D eigenvalue weighted by Gasteiger charge is 2.32. The number of nitrogens with zero attached hydrogens (tertiary/aromatic N) is 1. The average Bonchev–Trinajstić information content (AvgIpc) is 1.99. The fourth-order valence-corrected chi connectivity index (χ4v) is 1.63. The number of hydrogen-bond acceptors (Lipinski definition) is 3. The first-order chi connectivity index (χ1) is 6.81. The molecular weight excluding hydrogens is 194 g/mol. The predicted molar refractivity (Wildman–Crippen MR) is 57.6 cm³/mol. The Bertz CT molecular complexity index is 224. The van der Waals surface area contributed by atoms with Gasteiger partial charge in [-0.25, -0.2) is 4.79 Å². The lowest BCUT2D eigenvalue weighted by Crippen LogP contribution is -2.51. The van der Waals surface area contributed by atoms with Crippen LogP contribution in [0, 0.1) is 0 Å². The third kappa shape index (κ3) is 3.38. The van der Waals surface area contributed by atoms with Gasteiger partial charge in [0.25, 0.3) is 0 Å². The molecule has 2 atom stereocenters. The molecule has 0 spiro atoms. The van der Waals surface area contributed by atoms with E-state index in [-0.39, 0.29) is 18.4 Å². The minimum Gasteiger partial charge on any atom is -0.444 e. The fourth-order valence-electron chi connectivity index (χ4n) is 1.63. The van der Waals surface area contributed by atoms with Crippen LogP contribution in [0.4, 0.5) is 4.79 Å². The normalized spacial score (nSPS) is 27.7. The number of rotatable bonds is 0. The number of amides is 1. The van der Waals surface area contributed by atoms with Gasteiger partial charge < -0.3 is 9.47 Å². The summed E-state index contributed by atoms with van der Waals surface area (Å²) >= 11 is 0. The summed E-state index contributed by atoms with van der Waals surface area (Å²) in [5.41, 5.74) is -0.450. The monoisotopic (exact) mass is 215 g/mol. The van der Waals surface area contributed by atoms with Gasteiger partial charge in [-0.15, -0.1) is 0 Å². The molecule has 0 saturated carbocycles. The second-order valence-corrected chi connectivity index (χ2v) is 5.00. The molecule has 4 nitrogen and oxygen atoms in total. The van der Waals surface area contributed by atoms with Gasteiger partial charge in [0.1, 0.15) is 11.8 Å². The first-order valence-electron chi connectivity index (χ1n) is 5.44. The van der Waals surface area contributed by atoms with Crippen molar-refractivity contribution in [2.24, 2.45) is 0 Å². The van der Waals surface area contributed by atoms with E-state index in [1.807, 2.05) is 34.6 Å². The summed E-state index contributed by atoms with van der Waals surface area (Å²) in [6.07, 6.45) is 0.384. The molecule has 0 aromatic rings. The highest BCUT2D eigenvalue weighted by atomic mass is 16.6. The van der Waals surface area contributed by atoms with Crippen molar-refractivity contribution in [3.8, 4) is 0 Å². The van der Waals surface area contributed by atoms with Crippen LogP contribution >= 0.6 is 0 Å². The highest BCUT2D eigenvalue weighted by molar-refractivity contribution is 5.68. The molecule has 0 aromatic heterocycles. The fraction of sp³-hybridized carbons (Fsp3) is 0.909. The third-order valence-corrected chi connectivity index (χ3v) is 2.37. The molecule has 2 unspecified atom stereocenters. The summed E-state index contributed by atoms with van der Waals surface area (Å²) in [6, 6.07) is 0.184. The van der Waals surface area contributed by atoms with E-state index in [9.17, 15) is 4.79 Å². The smallest absolute Gasteiger partial charge is 0.412 e. The van der Waals surface area contributed by atoms with Crippen molar-refractivity contribution < 1.29 is 14.3 Å². The summed E-state index contributed by atoms with van der Waals surface area (Å²) in [6.45, 7) is 10.2. The zero-order valence-corrected chi connectivity index (χ0v) is 10.2. The Morgan fingerprint density at radius 1 is 1.40 bits per heavy atom. The van der Waals surface area contributed by atoms with Crippen LogP contribution in [0.5, 0.6) is 0 Å². The standard InChI is InChI=1S/C11H21NO3/c1-8-6-7-14-9(2)12(8)10(13)15-11(3,4)5/h8-9H,6-7H2,1-5H3. The van der Waals surface area contributed by atoms with Crippen LogP contribution in [0.1, 0.15) is 41.0 Å². The van der Waals surface area contributed by atoms with Crippen LogP contribution in [0.2, 0.25) is 0 Å². The van der Waals surface area contributed by atoms with Gasteiger partial charge in [-0.2, -0.15) is 0 Å². The van der Waals surface area contributed by atoms with Crippen molar-refractivity contribution in [1.82, 2.24) is 4.90 Å². The summed E-state index contributed by atoms with van der Waals surface area (Å²) in [5.74, 6) is 0. The first kappa shape index (κ1) is 12.3. The van der Waals surface area contributed by atoms with Crippen molar-refractivity contribution in [3.63, 3.8) is 0 Å². The number of ether oxygens (including phenoxy) is 2. The molecule has 1 saturated heterocycles. The van der Waals surface area contributed by atoms with E-state index in [0.717, 1.165) is 6.42 Å². The maximum atomic E-state index is 11.9. The summed E-state index contributed by atoms with van der Waals surface area (Å²) in [4.78, 5) is 13.5. The van der Waals surface area contributed by atoms with E-state index in [2.05, 4.69) is 0 Å². The molecule has 1 aliphatic heterocycles. The highest BCUT2D eigenvalue weighted by Crippen LogP contribution is 2.20. The number of hydrogen-bond donors (Lipinski definition) is 0. The number of carbonyl (C=O) groups is 1. The Balaban J connectivity index is 2.64. The van der Waals surface area contributed by atoms with Crippen LogP contribution in [-0.2, 0) is 9.47 Å². The van der Waals surface area contributed by atoms with E-state index >= 15 is 0 Å². The van der Waals surface area contributed by atoms with E-state index in [1.54, 1.807) is 4.90 Å². The third-order valence-electron chi connectivity index (χ3n) is 2.37. The van der Waals surface area contributed by atoms with Gasteiger partial charge in [0.2, 0.25) is 0 Å². The van der Waals surface area contributed by atoms with Crippen LogP contribution in [0.3, 0.4) is 0 Å². The Morgan fingerprint density at radius 2 is 2.00 bits per heavy atom. The van der Waals surface area contributed by atoms with Gasteiger partial charge in [-0.3, -0.25) is 4.90 Å². The first-order valence-corrected chi connectivity index (χ1v) is 5.44. The van der Waals surface area contributed by atoms with Gasteiger partial charge in [-0.05, 0) is 41.0 Å². The van der Waals surface area contributed by atoms with Gasteiger partial charge in [0.05, 0.1) is 6.61 Å². The summed E-state index contributed by atoms with van der Waals surface area (Å²) < 4.78 is 10.7. The lowest BCUT2D eigenvalue weighted by atomic mass is 10.2. The van der Waals surface area contributed by atoms with E-state index in [4.69, 9.17) is 9.47 Å². The lowest BCUT2D eigenvalue weighted by Gasteiger charge is -2.39. The molecule has 1 heterocycles. The van der Waals surface area contributed by atoms with Crippen LogP contribution in [-0.4, -0.2) is 35.5 Å². The summed E-state index contributed by atoms with van der Waals surface area (Å²) in [5, 5.41) is 0. The molecule has 88 valence electrons. The Morgan fingerprint density at radius 3 is 2.47 bits per heavy atom. The van der Waals surface area contributed by atoms with Gasteiger partial charge >= 0.3 is 6.09 Å². The molecule has 1 rings (SSSR count). The zero-order valence-electron chi connectivity index (χ0n) is 10.2. The van der Waals surface area contributed by atoms with Crippen molar-refractivity contribution in [2.75, 3.05) is 6.61 Å². The molecule has 0 aromatic carbocycles. The average molecular weight is 215 g/mol. The van der Waals surface area contributed by atoms with Crippen molar-refractivity contribution in [2.45, 2.75) is 58.9 Å². The quantitative estimate of drug-likeness (QED) is 0.622. The lowest BCUT2D eigenvalue weighted by molar-refractivity contribution is -0.106. The molecular formula is C11H21NO3. The van der Waals surface area contributed by atoms with Crippen LogP contribution < -0.4 is 0 Å². The molecule has 0 N–H and O–H groups in total. The topological polar surface area (TPSA) is 38.8 Å². The molecule has 1 fully saturated rings. The maximum absolute atomic E-state index is 11.9. The van der Waals surface area contributed by atoms with Gasteiger partial charge in [-0.1, -0.05) is 0 Å². The summed E-state index contributed by atoms with van der Waals surface area (Å²) in [7, 11) is 0. The maximum Gasteiger partial charge on any atom is 0.412 e. The second-order valence-electron chi connectivity index (χ2n) is 5.00. The van der Waals surface area contributed by atoms with Crippen molar-refractivity contribution in [1.29, 1.82) is 0 Å². The zero-order chi connectivity index (χ0) is 11.6. The number of carbonyl (C=O) groups excluding carboxylic acids is 1. The Labute approximate surface area is 91.5 Å². The molecule has 1 amide bonds. The minimum absolute atomic E-state index is 0.184. The van der Waals surface area contributed by atoms with E-state index in [1.165, 1.54) is 0 Å². The molecule has 15 heavy (non-hydrogen) atoms. The minimum atomic E-state index is -0.450. The largest absolute Gasteiger partial charge is 0.444 e. The molecule has 4 heteroatoms. The van der Waals surface area contributed by atoms with Crippen molar-refractivity contribution >= 4 is 6.09 Å². The Hall–Kier alpha value is -0.770. The molecule has 1 aliphatic rings. The van der Waals surface area contributed by atoms with Gasteiger partial charge in [0, 0.05) is 6.04 Å². The van der Waals surface area contributed by atoms with E-state index in [0.29, 0.717) is 6.61 Å². The predicted octanol–water partition coefficient (Wildman–Crippen LogP) is 2.38. The SMILES string of the molecule is CC1CCOC(C)N1C(=O)OC(C)(C)C. The Kier molecular flexibility index (Phi) is 3.60. The molecule has 0 bridgehead atoms. The second kappa shape index (κ2) is 4.39. The van der Waals surface area contributed by atoms with Crippen LogP contribution in [0.15, 0.2) is 0 Å². The molecule has 0 aliphatic carbocycles. The van der Waals surface area contributed by atoms with Crippen molar-refractivity contribution in [3.05, 3.63) is 0 Å². The molecule has 0 radical (unpaired) electrons.